The summed E-state index contributed by atoms with van der Waals surface area (Å²) in [5.74, 6) is 0.533. The Morgan fingerprint density at radius 3 is 3.08 bits per heavy atom. The van der Waals surface area contributed by atoms with Crippen molar-refractivity contribution >= 4 is 34.1 Å². The highest BCUT2D eigenvalue weighted by molar-refractivity contribution is 6.04. The lowest BCUT2D eigenvalue weighted by Gasteiger charge is -2.10. The van der Waals surface area contributed by atoms with Gasteiger partial charge in [0.05, 0.1) is 17.8 Å². The lowest BCUT2D eigenvalue weighted by molar-refractivity contribution is 0.0997. The van der Waals surface area contributed by atoms with Crippen LogP contribution in [0.3, 0.4) is 0 Å². The van der Waals surface area contributed by atoms with Crippen molar-refractivity contribution in [3.63, 3.8) is 0 Å². The van der Waals surface area contributed by atoms with E-state index in [-0.39, 0.29) is 5.69 Å². The maximum atomic E-state index is 11.5. The van der Waals surface area contributed by atoms with E-state index in [1.54, 1.807) is 17.7 Å². The minimum Gasteiger partial charge on any atom is -0.378 e. The normalized spacial score (nSPS) is 11.2. The summed E-state index contributed by atoms with van der Waals surface area (Å²) in [6, 6.07) is 7.27. The van der Waals surface area contributed by atoms with Crippen molar-refractivity contribution in [1.82, 2.24) is 29.8 Å². The van der Waals surface area contributed by atoms with Crippen LogP contribution in [0.25, 0.3) is 16.7 Å². The quantitative estimate of drug-likeness (QED) is 0.493. The molecule has 0 aliphatic carbocycles. The second kappa shape index (κ2) is 5.83. The predicted molar refractivity (Wildman–Crippen MR) is 89.4 cm³/mol. The third-order valence-electron chi connectivity index (χ3n) is 3.67. The van der Waals surface area contributed by atoms with Crippen molar-refractivity contribution in [2.24, 2.45) is 5.73 Å². The van der Waals surface area contributed by atoms with Gasteiger partial charge in [-0.1, -0.05) is 0 Å². The van der Waals surface area contributed by atoms with Gasteiger partial charge in [0.1, 0.15) is 12.1 Å². The summed E-state index contributed by atoms with van der Waals surface area (Å²) in [4.78, 5) is 19.9. The molecule has 0 aliphatic rings. The fraction of sp³-hybridized carbons (Fsp3) is 0.133. The van der Waals surface area contributed by atoms with Crippen LogP contribution in [0.1, 0.15) is 16.2 Å². The summed E-state index contributed by atoms with van der Waals surface area (Å²) in [6.45, 7) is 0.352. The second-order valence-electron chi connectivity index (χ2n) is 5.36. The first kappa shape index (κ1) is 15.0. The number of anilines is 2. The van der Waals surface area contributed by atoms with Gasteiger partial charge < -0.3 is 15.8 Å². The number of methoxy groups -OCH3 is 1. The summed E-state index contributed by atoms with van der Waals surface area (Å²) in [6.07, 6.45) is 1.43. The van der Waals surface area contributed by atoms with Gasteiger partial charge in [0.25, 0.3) is 11.7 Å². The summed E-state index contributed by atoms with van der Waals surface area (Å²) in [5, 5.41) is 14.8. The molecular formula is C15H14N8O2. The van der Waals surface area contributed by atoms with Crippen LogP contribution >= 0.6 is 0 Å². The molecule has 0 radical (unpaired) electrons. The Balaban J connectivity index is 1.78. The van der Waals surface area contributed by atoms with Crippen LogP contribution < -0.4 is 11.1 Å². The first-order valence-corrected chi connectivity index (χ1v) is 7.39. The van der Waals surface area contributed by atoms with E-state index in [1.165, 1.54) is 6.33 Å². The smallest absolute Gasteiger partial charge is 0.269 e. The first-order valence-electron chi connectivity index (χ1n) is 7.39. The number of benzene rings is 1. The molecule has 10 heteroatoms. The number of nitrogens with one attached hydrogen (secondary N) is 2. The molecule has 0 saturated carbocycles. The molecule has 1 amide bonds. The fourth-order valence-electron chi connectivity index (χ4n) is 2.60. The van der Waals surface area contributed by atoms with E-state index >= 15 is 0 Å². The van der Waals surface area contributed by atoms with Crippen LogP contribution in [0.15, 0.2) is 30.6 Å². The minimum atomic E-state index is -0.589. The third-order valence-corrected chi connectivity index (χ3v) is 3.67. The van der Waals surface area contributed by atoms with Crippen LogP contribution in [0.2, 0.25) is 0 Å². The minimum absolute atomic E-state index is 0.194. The number of hydrogen-bond acceptors (Lipinski definition) is 7. The molecule has 126 valence electrons. The monoisotopic (exact) mass is 338 g/mol. The molecule has 25 heavy (non-hydrogen) atoms. The number of H-pyrrole nitrogens is 1. The maximum Gasteiger partial charge on any atom is 0.269 e. The van der Waals surface area contributed by atoms with Gasteiger partial charge in [0.15, 0.2) is 5.69 Å². The van der Waals surface area contributed by atoms with E-state index in [2.05, 4.69) is 30.6 Å². The maximum absolute atomic E-state index is 11.5. The van der Waals surface area contributed by atoms with Gasteiger partial charge in [-0.25, -0.2) is 4.98 Å². The first-order chi connectivity index (χ1) is 12.2. The molecule has 4 N–H and O–H groups in total. The van der Waals surface area contributed by atoms with E-state index in [1.807, 2.05) is 18.2 Å². The van der Waals surface area contributed by atoms with E-state index in [0.29, 0.717) is 29.3 Å². The number of nitrogens with two attached hydrogens (primary N) is 1. The van der Waals surface area contributed by atoms with Gasteiger partial charge in [0, 0.05) is 24.2 Å². The average molecular weight is 338 g/mol. The highest BCUT2D eigenvalue weighted by Crippen LogP contribution is 2.24. The van der Waals surface area contributed by atoms with Crippen molar-refractivity contribution < 1.29 is 9.53 Å². The molecule has 10 nitrogen and oxygen atoms in total. The van der Waals surface area contributed by atoms with Crippen molar-refractivity contribution in [1.29, 1.82) is 0 Å². The lowest BCUT2D eigenvalue weighted by atomic mass is 10.2. The Morgan fingerprint density at radius 2 is 2.28 bits per heavy atom. The van der Waals surface area contributed by atoms with E-state index in [0.717, 1.165) is 11.2 Å². The number of aromatic amines is 1. The molecule has 3 aromatic heterocycles. The number of primary amides is 1. The fourth-order valence-corrected chi connectivity index (χ4v) is 2.60. The number of aromatic nitrogens is 6. The molecule has 4 aromatic rings. The molecule has 0 unspecified atom stereocenters. The van der Waals surface area contributed by atoms with Crippen LogP contribution in [0.5, 0.6) is 0 Å². The largest absolute Gasteiger partial charge is 0.378 e. The van der Waals surface area contributed by atoms with E-state index in [9.17, 15) is 4.79 Å². The number of amides is 1. The number of rotatable bonds is 5. The number of hydrogen-bond donors (Lipinski definition) is 3. The Morgan fingerprint density at radius 1 is 1.40 bits per heavy atom. The lowest BCUT2D eigenvalue weighted by Crippen LogP contribution is -2.11. The number of nitrogens with zero attached hydrogens (tertiary/aromatic N) is 5. The number of carbonyl (C=O) groups excluding carboxylic acids is 1. The summed E-state index contributed by atoms with van der Waals surface area (Å²) < 4.78 is 6.71. The zero-order valence-corrected chi connectivity index (χ0v) is 13.2. The highest BCUT2D eigenvalue weighted by atomic mass is 16.5. The molecular weight excluding hydrogens is 324 g/mol. The Kier molecular flexibility index (Phi) is 3.51. The Labute approximate surface area is 141 Å². The highest BCUT2D eigenvalue weighted by Gasteiger charge is 2.13. The summed E-state index contributed by atoms with van der Waals surface area (Å²) >= 11 is 0. The number of carbonyl (C=O) groups is 1. The van der Waals surface area contributed by atoms with Gasteiger partial charge in [-0.15, -0.1) is 0 Å². The van der Waals surface area contributed by atoms with E-state index in [4.69, 9.17) is 10.5 Å². The summed E-state index contributed by atoms with van der Waals surface area (Å²) in [5.41, 5.74) is 7.72. The molecule has 1 aromatic carbocycles. The molecule has 0 bridgehead atoms. The predicted octanol–water partition coefficient (Wildman–Crippen LogP) is 0.990. The third kappa shape index (κ3) is 2.64. The van der Waals surface area contributed by atoms with Gasteiger partial charge >= 0.3 is 0 Å². The molecule has 0 atom stereocenters. The zero-order valence-electron chi connectivity index (χ0n) is 13.2. The molecule has 0 saturated heterocycles. The van der Waals surface area contributed by atoms with Crippen LogP contribution in [0, 0.1) is 0 Å². The molecule has 4 rings (SSSR count). The van der Waals surface area contributed by atoms with Gasteiger partial charge in [-0.2, -0.15) is 19.7 Å². The zero-order chi connectivity index (χ0) is 17.4. The van der Waals surface area contributed by atoms with Crippen LogP contribution in [-0.2, 0) is 11.3 Å². The summed E-state index contributed by atoms with van der Waals surface area (Å²) in [7, 11) is 1.60. The number of fused-ring (bicyclic) bond motifs is 2. The van der Waals surface area contributed by atoms with Crippen molar-refractivity contribution in [2.45, 2.75) is 6.61 Å². The topological polar surface area (TPSA) is 136 Å². The second-order valence-corrected chi connectivity index (χ2v) is 5.36. The molecule has 0 aliphatic heterocycles. The molecule has 3 heterocycles. The van der Waals surface area contributed by atoms with Crippen molar-refractivity contribution in [2.75, 3.05) is 12.4 Å². The van der Waals surface area contributed by atoms with Gasteiger partial charge in [-0.05, 0) is 18.2 Å². The standard InChI is InChI=1S/C15H14N8O2/c1-25-6-9-5-12(23-15(20-9)17-7-18-23)19-8-2-3-11-10(4-8)13(14(16)24)22-21-11/h2-5,7,19H,6H2,1H3,(H2,16,24)(H,21,22). The van der Waals surface area contributed by atoms with Gasteiger partial charge in [-0.3, -0.25) is 9.89 Å². The molecule has 0 spiro atoms. The number of ether oxygens (including phenoxy) is 1. The van der Waals surface area contributed by atoms with E-state index < -0.39 is 5.91 Å². The van der Waals surface area contributed by atoms with Crippen molar-refractivity contribution in [3.05, 3.63) is 42.0 Å². The Hall–Kier alpha value is -3.53. The SMILES string of the molecule is COCc1cc(Nc2ccc3[nH]nc(C(N)=O)c3c2)n2ncnc2n1. The average Bonchev–Trinajstić information content (AvgIpc) is 3.21. The van der Waals surface area contributed by atoms with Crippen LogP contribution in [0.4, 0.5) is 11.5 Å². The van der Waals surface area contributed by atoms with Gasteiger partial charge in [0.2, 0.25) is 0 Å². The Bertz CT molecular complexity index is 1080. The van der Waals surface area contributed by atoms with Crippen molar-refractivity contribution in [3.8, 4) is 0 Å². The molecule has 0 fully saturated rings. The van der Waals surface area contributed by atoms with Crippen LogP contribution in [-0.4, -0.2) is 42.8 Å².